The Morgan fingerprint density at radius 1 is 1.33 bits per heavy atom. The van der Waals surface area contributed by atoms with E-state index < -0.39 is 5.91 Å². The van der Waals surface area contributed by atoms with Crippen LogP contribution in [-0.2, 0) is 5.54 Å². The van der Waals surface area contributed by atoms with Gasteiger partial charge in [-0.25, -0.2) is 4.98 Å². The van der Waals surface area contributed by atoms with E-state index in [2.05, 4.69) is 9.88 Å². The van der Waals surface area contributed by atoms with E-state index in [4.69, 9.17) is 5.73 Å². The number of nitrogens with two attached hydrogens (primary N) is 1. The van der Waals surface area contributed by atoms with Gasteiger partial charge in [0, 0.05) is 18.9 Å². The number of nitrogens with zero attached hydrogens (tertiary/aromatic N) is 3. The summed E-state index contributed by atoms with van der Waals surface area (Å²) in [4.78, 5) is 18.0. The van der Waals surface area contributed by atoms with Gasteiger partial charge in [-0.15, -0.1) is 0 Å². The number of carbonyl (C=O) groups excluding carboxylic acids is 1. The molecule has 3 rings (SSSR count). The van der Waals surface area contributed by atoms with Crippen LogP contribution in [0.25, 0.3) is 0 Å². The third kappa shape index (κ3) is 1.82. The molecule has 0 unspecified atom stereocenters. The molecule has 0 spiro atoms. The monoisotopic (exact) mass is 248 g/mol. The molecule has 0 bridgehead atoms. The molecule has 5 heteroatoms. The number of hydrogen-bond donors (Lipinski definition) is 1. The van der Waals surface area contributed by atoms with Gasteiger partial charge in [0.2, 0.25) is 0 Å². The Morgan fingerprint density at radius 3 is 2.61 bits per heavy atom. The number of rotatable bonds is 4. The van der Waals surface area contributed by atoms with Crippen LogP contribution in [0.4, 0.5) is 0 Å². The summed E-state index contributed by atoms with van der Waals surface area (Å²) in [7, 11) is 0. The van der Waals surface area contributed by atoms with Gasteiger partial charge < -0.3 is 15.2 Å². The second-order valence-corrected chi connectivity index (χ2v) is 5.55. The van der Waals surface area contributed by atoms with Gasteiger partial charge in [0.05, 0.1) is 5.54 Å². The highest BCUT2D eigenvalue weighted by molar-refractivity contribution is 5.89. The van der Waals surface area contributed by atoms with Gasteiger partial charge in [-0.05, 0) is 45.2 Å². The lowest BCUT2D eigenvalue weighted by Gasteiger charge is -2.46. The summed E-state index contributed by atoms with van der Waals surface area (Å²) in [5.41, 5.74) is 5.47. The van der Waals surface area contributed by atoms with E-state index in [1.54, 1.807) is 6.20 Å². The highest BCUT2D eigenvalue weighted by Gasteiger charge is 2.42. The molecule has 98 valence electrons. The van der Waals surface area contributed by atoms with E-state index >= 15 is 0 Å². The van der Waals surface area contributed by atoms with Crippen molar-refractivity contribution in [2.45, 2.75) is 37.6 Å². The van der Waals surface area contributed by atoms with Crippen molar-refractivity contribution in [2.75, 3.05) is 19.6 Å². The summed E-state index contributed by atoms with van der Waals surface area (Å²) < 4.78 is 2.02. The molecule has 2 heterocycles. The van der Waals surface area contributed by atoms with Gasteiger partial charge >= 0.3 is 0 Å². The SMILES string of the molecule is NC(=O)c1nccn1C1(CN2CCCC2)CCC1. The van der Waals surface area contributed by atoms with Gasteiger partial charge in [0.15, 0.2) is 5.82 Å². The molecule has 1 aliphatic carbocycles. The lowest BCUT2D eigenvalue weighted by atomic mass is 9.76. The number of hydrogen-bond acceptors (Lipinski definition) is 3. The van der Waals surface area contributed by atoms with E-state index in [-0.39, 0.29) is 5.54 Å². The van der Waals surface area contributed by atoms with Crippen molar-refractivity contribution in [2.24, 2.45) is 5.73 Å². The van der Waals surface area contributed by atoms with Crippen LogP contribution in [-0.4, -0.2) is 40.0 Å². The molecule has 0 atom stereocenters. The average molecular weight is 248 g/mol. The predicted molar refractivity (Wildman–Crippen MR) is 68.2 cm³/mol. The van der Waals surface area contributed by atoms with Gasteiger partial charge in [-0.2, -0.15) is 0 Å². The van der Waals surface area contributed by atoms with Crippen molar-refractivity contribution in [3.63, 3.8) is 0 Å². The fourth-order valence-electron chi connectivity index (χ4n) is 3.29. The molecular weight excluding hydrogens is 228 g/mol. The van der Waals surface area contributed by atoms with E-state index in [0.29, 0.717) is 5.82 Å². The van der Waals surface area contributed by atoms with Gasteiger partial charge in [-0.3, -0.25) is 4.79 Å². The Morgan fingerprint density at radius 2 is 2.06 bits per heavy atom. The first-order valence-electron chi connectivity index (χ1n) is 6.77. The third-order valence-electron chi connectivity index (χ3n) is 4.37. The third-order valence-corrected chi connectivity index (χ3v) is 4.37. The molecule has 2 fully saturated rings. The minimum atomic E-state index is -0.423. The van der Waals surface area contributed by atoms with E-state index in [1.807, 2.05) is 10.8 Å². The van der Waals surface area contributed by atoms with Gasteiger partial charge in [-0.1, -0.05) is 0 Å². The number of amides is 1. The largest absolute Gasteiger partial charge is 0.363 e. The van der Waals surface area contributed by atoms with Crippen molar-refractivity contribution in [3.05, 3.63) is 18.2 Å². The molecule has 2 aliphatic rings. The van der Waals surface area contributed by atoms with Crippen molar-refractivity contribution in [1.29, 1.82) is 0 Å². The van der Waals surface area contributed by atoms with Gasteiger partial charge in [0.1, 0.15) is 0 Å². The van der Waals surface area contributed by atoms with E-state index in [0.717, 1.165) is 19.4 Å². The zero-order valence-corrected chi connectivity index (χ0v) is 10.6. The molecule has 1 aliphatic heterocycles. The Kier molecular flexibility index (Phi) is 2.86. The lowest BCUT2D eigenvalue weighted by molar-refractivity contribution is 0.0779. The van der Waals surface area contributed by atoms with Crippen LogP contribution in [0.5, 0.6) is 0 Å². The lowest BCUT2D eigenvalue weighted by Crippen LogP contribution is -2.50. The van der Waals surface area contributed by atoms with Crippen LogP contribution in [0, 0.1) is 0 Å². The molecule has 1 amide bonds. The first-order chi connectivity index (χ1) is 8.71. The van der Waals surface area contributed by atoms with E-state index in [9.17, 15) is 4.79 Å². The van der Waals surface area contributed by atoms with Crippen molar-refractivity contribution in [3.8, 4) is 0 Å². The summed E-state index contributed by atoms with van der Waals surface area (Å²) in [6.45, 7) is 3.40. The molecule has 1 aromatic rings. The Labute approximate surface area is 107 Å². The maximum Gasteiger partial charge on any atom is 0.284 e. The molecule has 0 aromatic carbocycles. The number of imidazole rings is 1. The van der Waals surface area contributed by atoms with Crippen LogP contribution in [0.2, 0.25) is 0 Å². The second kappa shape index (κ2) is 4.39. The molecule has 1 saturated carbocycles. The quantitative estimate of drug-likeness (QED) is 0.863. The zero-order valence-electron chi connectivity index (χ0n) is 10.6. The normalized spacial score (nSPS) is 22.9. The Bertz CT molecular complexity index is 444. The maximum absolute atomic E-state index is 11.4. The standard InChI is InChI=1S/C13H20N4O/c14-11(18)12-15-6-9-17(12)13(4-3-5-13)10-16-7-1-2-8-16/h6,9H,1-5,7-8,10H2,(H2,14,18). The number of carbonyl (C=O) groups is 1. The van der Waals surface area contributed by atoms with Crippen molar-refractivity contribution >= 4 is 5.91 Å². The van der Waals surface area contributed by atoms with Crippen LogP contribution < -0.4 is 5.73 Å². The molecular formula is C13H20N4O. The minimum Gasteiger partial charge on any atom is -0.363 e. The van der Waals surface area contributed by atoms with Crippen LogP contribution >= 0.6 is 0 Å². The summed E-state index contributed by atoms with van der Waals surface area (Å²) in [5.74, 6) is -0.0124. The molecule has 2 N–H and O–H groups in total. The van der Waals surface area contributed by atoms with Gasteiger partial charge in [0.25, 0.3) is 5.91 Å². The Balaban J connectivity index is 1.85. The Hall–Kier alpha value is -1.36. The summed E-state index contributed by atoms with van der Waals surface area (Å²) >= 11 is 0. The average Bonchev–Trinajstić information content (AvgIpc) is 2.94. The number of likely N-dealkylation sites (tertiary alicyclic amines) is 1. The van der Waals surface area contributed by atoms with E-state index in [1.165, 1.54) is 32.4 Å². The summed E-state index contributed by atoms with van der Waals surface area (Å²) in [5, 5.41) is 0. The number of primary amides is 1. The smallest absolute Gasteiger partial charge is 0.284 e. The second-order valence-electron chi connectivity index (χ2n) is 5.55. The van der Waals surface area contributed by atoms with Crippen LogP contribution in [0.15, 0.2) is 12.4 Å². The summed E-state index contributed by atoms with van der Waals surface area (Å²) in [6, 6.07) is 0. The molecule has 5 nitrogen and oxygen atoms in total. The minimum absolute atomic E-state index is 0.0607. The van der Waals surface area contributed by atoms with Crippen LogP contribution in [0.1, 0.15) is 42.7 Å². The molecule has 18 heavy (non-hydrogen) atoms. The first-order valence-corrected chi connectivity index (χ1v) is 6.77. The zero-order chi connectivity index (χ0) is 12.6. The first kappa shape index (κ1) is 11.7. The molecule has 1 aromatic heterocycles. The fourth-order valence-corrected chi connectivity index (χ4v) is 3.29. The van der Waals surface area contributed by atoms with Crippen LogP contribution in [0.3, 0.4) is 0 Å². The predicted octanol–water partition coefficient (Wildman–Crippen LogP) is 0.957. The topological polar surface area (TPSA) is 64.2 Å². The summed E-state index contributed by atoms with van der Waals surface area (Å²) in [6.07, 6.45) is 9.66. The maximum atomic E-state index is 11.4. The van der Waals surface area contributed by atoms with Crippen molar-refractivity contribution in [1.82, 2.24) is 14.5 Å². The molecule has 0 radical (unpaired) electrons. The van der Waals surface area contributed by atoms with Crippen molar-refractivity contribution < 1.29 is 4.79 Å². The molecule has 1 saturated heterocycles. The highest BCUT2D eigenvalue weighted by Crippen LogP contribution is 2.41. The number of aromatic nitrogens is 2. The fraction of sp³-hybridized carbons (Fsp3) is 0.692. The highest BCUT2D eigenvalue weighted by atomic mass is 16.1.